The van der Waals surface area contributed by atoms with Crippen molar-refractivity contribution in [2.24, 2.45) is 0 Å². The van der Waals surface area contributed by atoms with E-state index in [1.807, 2.05) is 0 Å². The molecule has 112 valence electrons. The smallest absolute Gasteiger partial charge is 0.200 e. The molecule has 2 aromatic carbocycles. The van der Waals surface area contributed by atoms with Gasteiger partial charge in [0.1, 0.15) is 6.10 Å². The molecule has 1 atom stereocenters. The van der Waals surface area contributed by atoms with Gasteiger partial charge in [0.25, 0.3) is 0 Å². The molecule has 0 aliphatic rings. The molecule has 0 amide bonds. The van der Waals surface area contributed by atoms with Crippen LogP contribution in [0.2, 0.25) is 10.0 Å². The molecule has 0 spiro atoms. The summed E-state index contributed by atoms with van der Waals surface area (Å²) >= 11 is 11.4. The van der Waals surface area contributed by atoms with E-state index < -0.39 is 40.8 Å². The third kappa shape index (κ3) is 2.71. The van der Waals surface area contributed by atoms with Crippen molar-refractivity contribution in [1.29, 1.82) is 0 Å². The van der Waals surface area contributed by atoms with Crippen molar-refractivity contribution in [1.82, 2.24) is 0 Å². The van der Waals surface area contributed by atoms with E-state index in [9.17, 15) is 27.1 Å². The first-order valence-corrected chi connectivity index (χ1v) is 6.15. The van der Waals surface area contributed by atoms with Gasteiger partial charge in [-0.25, -0.2) is 22.0 Å². The number of aliphatic hydroxyl groups is 1. The molecule has 0 radical (unpaired) electrons. The minimum atomic E-state index is -2.30. The molecule has 0 aromatic heterocycles. The average molecular weight is 343 g/mol. The standard InChI is InChI=1S/C13H5Cl2F5O/c14-4-1-2-5(6(15)3-4)13(21)7-8(16)10(18)12(20)11(19)9(7)17/h1-3,13,21H. The van der Waals surface area contributed by atoms with E-state index in [1.165, 1.54) is 6.07 Å². The predicted octanol–water partition coefficient (Wildman–Crippen LogP) is 4.77. The van der Waals surface area contributed by atoms with E-state index in [0.717, 1.165) is 12.1 Å². The van der Waals surface area contributed by atoms with E-state index in [-0.39, 0.29) is 15.6 Å². The highest BCUT2D eigenvalue weighted by atomic mass is 35.5. The number of aliphatic hydroxyl groups excluding tert-OH is 1. The molecule has 21 heavy (non-hydrogen) atoms. The van der Waals surface area contributed by atoms with E-state index in [2.05, 4.69) is 0 Å². The van der Waals surface area contributed by atoms with Gasteiger partial charge in [-0.1, -0.05) is 29.3 Å². The summed E-state index contributed by atoms with van der Waals surface area (Å²) in [6, 6.07) is 3.53. The Bertz CT molecular complexity index is 691. The summed E-state index contributed by atoms with van der Waals surface area (Å²) in [4.78, 5) is 0. The molecule has 1 N–H and O–H groups in total. The van der Waals surface area contributed by atoms with Crippen molar-refractivity contribution in [3.8, 4) is 0 Å². The Balaban J connectivity index is 2.66. The zero-order valence-electron chi connectivity index (χ0n) is 9.90. The number of halogens is 7. The highest BCUT2D eigenvalue weighted by molar-refractivity contribution is 6.35. The lowest BCUT2D eigenvalue weighted by molar-refractivity contribution is 0.203. The van der Waals surface area contributed by atoms with Gasteiger partial charge >= 0.3 is 0 Å². The Labute approximate surface area is 125 Å². The molecule has 8 heteroatoms. The fourth-order valence-electron chi connectivity index (χ4n) is 1.74. The highest BCUT2D eigenvalue weighted by Gasteiger charge is 2.31. The number of hydrogen-bond donors (Lipinski definition) is 1. The Morgan fingerprint density at radius 3 is 1.76 bits per heavy atom. The second kappa shape index (κ2) is 5.79. The van der Waals surface area contributed by atoms with Gasteiger partial charge in [-0.3, -0.25) is 0 Å². The van der Waals surface area contributed by atoms with Gasteiger partial charge in [0, 0.05) is 15.6 Å². The lowest BCUT2D eigenvalue weighted by atomic mass is 9.99. The maximum atomic E-state index is 13.6. The second-order valence-corrected chi connectivity index (χ2v) is 4.90. The van der Waals surface area contributed by atoms with E-state index in [0.29, 0.717) is 0 Å². The molecule has 2 aromatic rings. The summed E-state index contributed by atoms with van der Waals surface area (Å²) in [7, 11) is 0. The number of benzene rings is 2. The van der Waals surface area contributed by atoms with Crippen LogP contribution in [0.3, 0.4) is 0 Å². The minimum Gasteiger partial charge on any atom is -0.383 e. The molecule has 0 saturated heterocycles. The second-order valence-electron chi connectivity index (χ2n) is 4.05. The first-order chi connectivity index (χ1) is 9.75. The van der Waals surface area contributed by atoms with Crippen molar-refractivity contribution < 1.29 is 27.1 Å². The number of rotatable bonds is 2. The van der Waals surface area contributed by atoms with Crippen LogP contribution in [0.15, 0.2) is 18.2 Å². The van der Waals surface area contributed by atoms with Crippen LogP contribution in [-0.2, 0) is 0 Å². The van der Waals surface area contributed by atoms with Crippen molar-refractivity contribution >= 4 is 23.2 Å². The summed E-state index contributed by atoms with van der Waals surface area (Å²) < 4.78 is 66.4. The SMILES string of the molecule is OC(c1ccc(Cl)cc1Cl)c1c(F)c(F)c(F)c(F)c1F. The quantitative estimate of drug-likeness (QED) is 0.473. The van der Waals surface area contributed by atoms with Crippen LogP contribution in [0.1, 0.15) is 17.2 Å². The van der Waals surface area contributed by atoms with Crippen LogP contribution >= 0.6 is 23.2 Å². The molecule has 1 nitrogen and oxygen atoms in total. The van der Waals surface area contributed by atoms with E-state index >= 15 is 0 Å². The zero-order valence-corrected chi connectivity index (χ0v) is 11.4. The molecule has 0 heterocycles. The third-order valence-electron chi connectivity index (χ3n) is 2.77. The zero-order chi connectivity index (χ0) is 15.9. The Morgan fingerprint density at radius 2 is 1.29 bits per heavy atom. The van der Waals surface area contributed by atoms with Crippen LogP contribution in [-0.4, -0.2) is 5.11 Å². The van der Waals surface area contributed by atoms with Crippen LogP contribution < -0.4 is 0 Å². The lowest BCUT2D eigenvalue weighted by Crippen LogP contribution is -2.12. The Hall–Kier alpha value is -1.37. The maximum absolute atomic E-state index is 13.6. The molecule has 2 rings (SSSR count). The summed E-state index contributed by atoms with van der Waals surface area (Å²) in [5.41, 5.74) is -1.63. The van der Waals surface area contributed by atoms with Crippen LogP contribution in [0.5, 0.6) is 0 Å². The fourth-order valence-corrected chi connectivity index (χ4v) is 2.25. The van der Waals surface area contributed by atoms with E-state index in [1.54, 1.807) is 0 Å². The summed E-state index contributed by atoms with van der Waals surface area (Å²) in [5.74, 6) is -10.8. The molecule has 0 bridgehead atoms. The fraction of sp³-hybridized carbons (Fsp3) is 0.0769. The minimum absolute atomic E-state index is 0.174. The topological polar surface area (TPSA) is 20.2 Å². The molecule has 0 aliphatic heterocycles. The maximum Gasteiger partial charge on any atom is 0.200 e. The van der Waals surface area contributed by atoms with Gasteiger partial charge in [-0.2, -0.15) is 0 Å². The van der Waals surface area contributed by atoms with Gasteiger partial charge in [-0.05, 0) is 12.1 Å². The summed E-state index contributed by atoms with van der Waals surface area (Å²) in [6.45, 7) is 0. The lowest BCUT2D eigenvalue weighted by Gasteiger charge is -2.16. The van der Waals surface area contributed by atoms with Crippen molar-refractivity contribution in [3.63, 3.8) is 0 Å². The van der Waals surface area contributed by atoms with Gasteiger partial charge in [-0.15, -0.1) is 0 Å². The normalized spacial score (nSPS) is 12.6. The van der Waals surface area contributed by atoms with Gasteiger partial charge in [0.2, 0.25) is 5.82 Å². The van der Waals surface area contributed by atoms with Gasteiger partial charge < -0.3 is 5.11 Å². The molecular weight excluding hydrogens is 338 g/mol. The number of hydrogen-bond acceptors (Lipinski definition) is 1. The molecule has 0 aliphatic carbocycles. The van der Waals surface area contributed by atoms with Crippen molar-refractivity contribution in [3.05, 3.63) is 68.5 Å². The van der Waals surface area contributed by atoms with Gasteiger partial charge in [0.05, 0.1) is 5.56 Å². The Kier molecular flexibility index (Phi) is 4.41. The monoisotopic (exact) mass is 342 g/mol. The van der Waals surface area contributed by atoms with Gasteiger partial charge in [0.15, 0.2) is 23.3 Å². The molecule has 0 fully saturated rings. The molecule has 1 unspecified atom stereocenters. The third-order valence-corrected chi connectivity index (χ3v) is 3.34. The predicted molar refractivity (Wildman–Crippen MR) is 66.8 cm³/mol. The summed E-state index contributed by atoms with van der Waals surface area (Å²) in [5, 5.41) is 9.89. The van der Waals surface area contributed by atoms with Crippen molar-refractivity contribution in [2.45, 2.75) is 6.10 Å². The van der Waals surface area contributed by atoms with Crippen LogP contribution in [0.25, 0.3) is 0 Å². The van der Waals surface area contributed by atoms with Crippen LogP contribution in [0.4, 0.5) is 22.0 Å². The first kappa shape index (κ1) is 16.0. The highest BCUT2D eigenvalue weighted by Crippen LogP contribution is 2.35. The Morgan fingerprint density at radius 1 is 0.810 bits per heavy atom. The average Bonchev–Trinajstić information content (AvgIpc) is 2.43. The van der Waals surface area contributed by atoms with Crippen molar-refractivity contribution in [2.75, 3.05) is 0 Å². The largest absolute Gasteiger partial charge is 0.383 e. The molecular formula is C13H5Cl2F5O. The van der Waals surface area contributed by atoms with E-state index in [4.69, 9.17) is 23.2 Å². The summed E-state index contributed by atoms with van der Waals surface area (Å²) in [6.07, 6.45) is -2.14. The molecule has 0 saturated carbocycles. The van der Waals surface area contributed by atoms with Crippen LogP contribution in [0, 0.1) is 29.1 Å². The first-order valence-electron chi connectivity index (χ1n) is 5.40.